The van der Waals surface area contributed by atoms with E-state index in [0.29, 0.717) is 0 Å². The Morgan fingerprint density at radius 2 is 1.88 bits per heavy atom. The van der Waals surface area contributed by atoms with Crippen LogP contribution in [0.15, 0.2) is 12.7 Å². The van der Waals surface area contributed by atoms with Gasteiger partial charge in [-0.05, 0) is 0 Å². The predicted octanol–water partition coefficient (Wildman–Crippen LogP) is 1.67. The standard InChI is InChI=1S/C3H4O2.C3H8/c1-2-3(4)5;1-3-2/h2H,1H2,(H,4,5);3H2,1-2H3. The number of carboxylic acids is 1. The maximum Gasteiger partial charge on any atom is 0.327 e. The number of rotatable bonds is 1. The van der Waals surface area contributed by atoms with Gasteiger partial charge in [-0.2, -0.15) is 0 Å². The second-order valence-electron chi connectivity index (χ2n) is 1.25. The molecule has 0 spiro atoms. The first kappa shape index (κ1) is 10.2. The van der Waals surface area contributed by atoms with Gasteiger partial charge in [0.25, 0.3) is 0 Å². The maximum absolute atomic E-state index is 9.25. The van der Waals surface area contributed by atoms with Gasteiger partial charge in [-0.1, -0.05) is 26.8 Å². The van der Waals surface area contributed by atoms with E-state index in [2.05, 4.69) is 20.4 Å². The van der Waals surface area contributed by atoms with Crippen LogP contribution < -0.4 is 0 Å². The Hall–Kier alpha value is -0.790. The quantitative estimate of drug-likeness (QED) is 0.529. The summed E-state index contributed by atoms with van der Waals surface area (Å²) >= 11 is 0. The van der Waals surface area contributed by atoms with E-state index in [9.17, 15) is 4.79 Å². The molecule has 0 heterocycles. The molecule has 0 aromatic rings. The van der Waals surface area contributed by atoms with Crippen molar-refractivity contribution in [2.45, 2.75) is 20.3 Å². The zero-order chi connectivity index (χ0) is 6.99. The Kier molecular flexibility index (Phi) is 12.2. The molecule has 0 rings (SSSR count). The van der Waals surface area contributed by atoms with E-state index in [0.717, 1.165) is 6.08 Å². The minimum absolute atomic E-state index is 0.833. The first-order valence-electron chi connectivity index (χ1n) is 2.54. The van der Waals surface area contributed by atoms with E-state index in [1.165, 1.54) is 6.42 Å². The fraction of sp³-hybridized carbons (Fsp3) is 0.500. The molecule has 48 valence electrons. The van der Waals surface area contributed by atoms with Crippen molar-refractivity contribution in [3.8, 4) is 0 Å². The minimum Gasteiger partial charge on any atom is -0.478 e. The molecule has 0 saturated heterocycles. The van der Waals surface area contributed by atoms with E-state index in [1.807, 2.05) is 0 Å². The lowest BCUT2D eigenvalue weighted by molar-refractivity contribution is -0.131. The first-order valence-corrected chi connectivity index (χ1v) is 2.54. The number of aliphatic carboxylic acids is 1. The third-order valence-corrected chi connectivity index (χ3v) is 0.175. The third-order valence-electron chi connectivity index (χ3n) is 0.175. The lowest BCUT2D eigenvalue weighted by Crippen LogP contribution is -1.82. The van der Waals surface area contributed by atoms with Gasteiger partial charge in [0.05, 0.1) is 0 Å². The fourth-order valence-corrected chi connectivity index (χ4v) is 0. The summed E-state index contributed by atoms with van der Waals surface area (Å²) in [4.78, 5) is 9.25. The highest BCUT2D eigenvalue weighted by atomic mass is 16.4. The Bertz CT molecular complexity index is 66.9. The molecule has 2 nitrogen and oxygen atoms in total. The molecule has 0 aromatic heterocycles. The normalized spacial score (nSPS) is 6.25. The van der Waals surface area contributed by atoms with Gasteiger partial charge in [0.15, 0.2) is 0 Å². The summed E-state index contributed by atoms with van der Waals surface area (Å²) in [7, 11) is 0. The summed E-state index contributed by atoms with van der Waals surface area (Å²) < 4.78 is 0. The van der Waals surface area contributed by atoms with E-state index < -0.39 is 5.97 Å². The van der Waals surface area contributed by atoms with E-state index in [4.69, 9.17) is 5.11 Å². The van der Waals surface area contributed by atoms with Crippen LogP contribution in [0.2, 0.25) is 0 Å². The van der Waals surface area contributed by atoms with Crippen LogP contribution in [-0.4, -0.2) is 11.1 Å². The molecule has 0 amide bonds. The van der Waals surface area contributed by atoms with Crippen molar-refractivity contribution >= 4 is 5.97 Å². The molecule has 0 fully saturated rings. The van der Waals surface area contributed by atoms with Gasteiger partial charge in [0.2, 0.25) is 0 Å². The number of carbonyl (C=O) groups is 1. The molecule has 0 atom stereocenters. The third kappa shape index (κ3) is 63.1. The molecule has 0 aromatic carbocycles. The van der Waals surface area contributed by atoms with Crippen LogP contribution in [0.25, 0.3) is 0 Å². The Morgan fingerprint density at radius 3 is 1.88 bits per heavy atom. The molecule has 0 aliphatic rings. The highest BCUT2D eigenvalue weighted by Gasteiger charge is 1.73. The molecule has 1 N–H and O–H groups in total. The summed E-state index contributed by atoms with van der Waals surface area (Å²) in [6.07, 6.45) is 2.08. The molecule has 0 radical (unpaired) electrons. The van der Waals surface area contributed by atoms with Crippen LogP contribution in [0.4, 0.5) is 0 Å². The van der Waals surface area contributed by atoms with Crippen molar-refractivity contribution in [1.29, 1.82) is 0 Å². The second-order valence-corrected chi connectivity index (χ2v) is 1.25. The molecule has 0 saturated carbocycles. The average molecular weight is 116 g/mol. The van der Waals surface area contributed by atoms with Gasteiger partial charge in [-0.15, -0.1) is 0 Å². The smallest absolute Gasteiger partial charge is 0.327 e. The van der Waals surface area contributed by atoms with Gasteiger partial charge in [0, 0.05) is 6.08 Å². The van der Waals surface area contributed by atoms with Gasteiger partial charge < -0.3 is 5.11 Å². The minimum atomic E-state index is -0.981. The average Bonchev–Trinajstić information content (AvgIpc) is 1.69. The summed E-state index contributed by atoms with van der Waals surface area (Å²) in [5, 5.41) is 7.60. The summed E-state index contributed by atoms with van der Waals surface area (Å²) in [6.45, 7) is 7.21. The highest BCUT2D eigenvalue weighted by molar-refractivity contribution is 5.78. The van der Waals surface area contributed by atoms with Crippen molar-refractivity contribution in [1.82, 2.24) is 0 Å². The van der Waals surface area contributed by atoms with Gasteiger partial charge >= 0.3 is 5.97 Å². The lowest BCUT2D eigenvalue weighted by Gasteiger charge is -1.64. The van der Waals surface area contributed by atoms with Gasteiger partial charge in [-0.3, -0.25) is 0 Å². The van der Waals surface area contributed by atoms with Gasteiger partial charge in [0.1, 0.15) is 0 Å². The summed E-state index contributed by atoms with van der Waals surface area (Å²) in [5.41, 5.74) is 0. The van der Waals surface area contributed by atoms with Crippen LogP contribution in [0.5, 0.6) is 0 Å². The summed E-state index contributed by atoms with van der Waals surface area (Å²) in [6, 6.07) is 0. The lowest BCUT2D eigenvalue weighted by atomic mass is 10.6. The maximum atomic E-state index is 9.25. The van der Waals surface area contributed by atoms with E-state index in [1.54, 1.807) is 0 Å². The zero-order valence-corrected chi connectivity index (χ0v) is 5.35. The Morgan fingerprint density at radius 1 is 1.75 bits per heavy atom. The Labute approximate surface area is 49.8 Å². The zero-order valence-electron chi connectivity index (χ0n) is 5.35. The molecule has 0 unspecified atom stereocenters. The van der Waals surface area contributed by atoms with Crippen molar-refractivity contribution in [3.63, 3.8) is 0 Å². The number of hydrogen-bond acceptors (Lipinski definition) is 1. The highest BCUT2D eigenvalue weighted by Crippen LogP contribution is 1.56. The SMILES string of the molecule is C=CC(=O)O.CCC. The van der Waals surface area contributed by atoms with Crippen LogP contribution >= 0.6 is 0 Å². The molecule has 0 aliphatic heterocycles. The molecular weight excluding hydrogens is 104 g/mol. The first-order chi connectivity index (χ1) is 3.68. The van der Waals surface area contributed by atoms with Crippen LogP contribution in [0.3, 0.4) is 0 Å². The van der Waals surface area contributed by atoms with Crippen LogP contribution in [0.1, 0.15) is 20.3 Å². The molecule has 0 aliphatic carbocycles. The molecule has 0 bridgehead atoms. The van der Waals surface area contributed by atoms with Crippen LogP contribution in [-0.2, 0) is 4.79 Å². The predicted molar refractivity (Wildman–Crippen MR) is 33.8 cm³/mol. The molecule has 8 heavy (non-hydrogen) atoms. The largest absolute Gasteiger partial charge is 0.478 e. The second kappa shape index (κ2) is 9.51. The number of carboxylic acid groups (broad SMARTS) is 1. The topological polar surface area (TPSA) is 37.3 Å². The molecular formula is C6H12O2. The summed E-state index contributed by atoms with van der Waals surface area (Å²) in [5.74, 6) is -0.981. The van der Waals surface area contributed by atoms with Crippen molar-refractivity contribution in [3.05, 3.63) is 12.7 Å². The van der Waals surface area contributed by atoms with E-state index in [-0.39, 0.29) is 0 Å². The Balaban J connectivity index is 0. The monoisotopic (exact) mass is 116 g/mol. The number of hydrogen-bond donors (Lipinski definition) is 1. The fourth-order valence-electron chi connectivity index (χ4n) is 0. The van der Waals surface area contributed by atoms with Gasteiger partial charge in [-0.25, -0.2) is 4.79 Å². The van der Waals surface area contributed by atoms with E-state index >= 15 is 0 Å². The van der Waals surface area contributed by atoms with Crippen molar-refractivity contribution in [2.75, 3.05) is 0 Å². The van der Waals surface area contributed by atoms with Crippen molar-refractivity contribution in [2.24, 2.45) is 0 Å². The van der Waals surface area contributed by atoms with Crippen molar-refractivity contribution < 1.29 is 9.90 Å². The molecule has 2 heteroatoms. The van der Waals surface area contributed by atoms with Crippen LogP contribution in [0, 0.1) is 0 Å².